The zero-order chi connectivity index (χ0) is 19.2. The summed E-state index contributed by atoms with van der Waals surface area (Å²) in [4.78, 5) is 26.6. The third-order valence-corrected chi connectivity index (χ3v) is 8.48. The molecule has 0 spiro atoms. The van der Waals surface area contributed by atoms with Gasteiger partial charge in [0.25, 0.3) is 0 Å². The Morgan fingerprint density at radius 1 is 1.19 bits per heavy atom. The molecule has 1 amide bonds. The molecule has 1 aromatic heterocycles. The maximum absolute atomic E-state index is 11.9. The zero-order valence-electron chi connectivity index (χ0n) is 16.0. The largest absolute Gasteiger partial charge is 0.432 e. The van der Waals surface area contributed by atoms with E-state index < -0.39 is 14.4 Å². The molecule has 2 aromatic rings. The maximum atomic E-state index is 11.9. The SMILES string of the molecule is CC(C)(CCCc1ccc(NC(=O)Oc2ccccc2)cn1)[Si](C)(C)O. The quantitative estimate of drug-likeness (QED) is 0.672. The van der Waals surface area contributed by atoms with Gasteiger partial charge in [-0.3, -0.25) is 10.3 Å². The smallest absolute Gasteiger partial charge is 0.417 e. The van der Waals surface area contributed by atoms with Gasteiger partial charge in [0.2, 0.25) is 0 Å². The van der Waals surface area contributed by atoms with Crippen LogP contribution in [0.5, 0.6) is 5.75 Å². The summed E-state index contributed by atoms with van der Waals surface area (Å²) in [5, 5.41) is 2.65. The summed E-state index contributed by atoms with van der Waals surface area (Å²) in [5.41, 5.74) is 1.57. The fourth-order valence-electron chi connectivity index (χ4n) is 2.40. The predicted molar refractivity (Wildman–Crippen MR) is 107 cm³/mol. The number of ether oxygens (including phenoxy) is 1. The predicted octanol–water partition coefficient (Wildman–Crippen LogP) is 4.99. The lowest BCUT2D eigenvalue weighted by Crippen LogP contribution is -2.38. The van der Waals surface area contributed by atoms with Gasteiger partial charge in [0.1, 0.15) is 5.75 Å². The number of aromatic nitrogens is 1. The molecule has 0 radical (unpaired) electrons. The van der Waals surface area contributed by atoms with Gasteiger partial charge in [-0.2, -0.15) is 0 Å². The summed E-state index contributed by atoms with van der Waals surface area (Å²) in [7, 11) is -2.16. The molecular formula is C20H28N2O3Si. The number of carbonyl (C=O) groups is 1. The van der Waals surface area contributed by atoms with Crippen molar-refractivity contribution in [3.8, 4) is 5.75 Å². The number of hydrogen-bond acceptors (Lipinski definition) is 4. The molecule has 0 saturated heterocycles. The number of aryl methyl sites for hydroxylation is 1. The van der Waals surface area contributed by atoms with Crippen LogP contribution in [-0.4, -0.2) is 24.2 Å². The number of nitrogens with zero attached hydrogens (tertiary/aromatic N) is 1. The van der Waals surface area contributed by atoms with Crippen molar-refractivity contribution in [2.45, 2.75) is 51.2 Å². The topological polar surface area (TPSA) is 71.5 Å². The van der Waals surface area contributed by atoms with Gasteiger partial charge in [-0.1, -0.05) is 32.0 Å². The number of carbonyl (C=O) groups excluding carboxylic acids is 1. The molecule has 0 bridgehead atoms. The van der Waals surface area contributed by atoms with E-state index in [1.165, 1.54) is 0 Å². The van der Waals surface area contributed by atoms with Crippen molar-refractivity contribution in [3.05, 3.63) is 54.4 Å². The van der Waals surface area contributed by atoms with Gasteiger partial charge in [-0.25, -0.2) is 4.79 Å². The Morgan fingerprint density at radius 3 is 2.46 bits per heavy atom. The average Bonchev–Trinajstić information content (AvgIpc) is 2.56. The molecule has 0 saturated carbocycles. The van der Waals surface area contributed by atoms with Crippen LogP contribution in [0.15, 0.2) is 48.7 Å². The molecule has 2 rings (SSSR count). The zero-order valence-corrected chi connectivity index (χ0v) is 17.0. The van der Waals surface area contributed by atoms with Gasteiger partial charge in [-0.05, 0) is 61.7 Å². The Labute approximate surface area is 156 Å². The first-order chi connectivity index (χ1) is 12.2. The maximum Gasteiger partial charge on any atom is 0.417 e. The summed E-state index contributed by atoms with van der Waals surface area (Å²) < 4.78 is 5.19. The van der Waals surface area contributed by atoms with Crippen LogP contribution >= 0.6 is 0 Å². The Kier molecular flexibility index (Phi) is 6.56. The highest BCUT2D eigenvalue weighted by Crippen LogP contribution is 2.39. The fourth-order valence-corrected chi connectivity index (χ4v) is 3.19. The summed E-state index contributed by atoms with van der Waals surface area (Å²) in [6.07, 6.45) is 3.89. The molecule has 0 fully saturated rings. The highest BCUT2D eigenvalue weighted by atomic mass is 28.4. The van der Waals surface area contributed by atoms with Crippen LogP contribution in [0.1, 0.15) is 32.4 Å². The van der Waals surface area contributed by atoms with Gasteiger partial charge in [-0.15, -0.1) is 0 Å². The van der Waals surface area contributed by atoms with Crippen LogP contribution in [0.2, 0.25) is 18.1 Å². The second-order valence-corrected chi connectivity index (χ2v) is 12.1. The average molecular weight is 373 g/mol. The molecule has 0 unspecified atom stereocenters. The van der Waals surface area contributed by atoms with E-state index in [-0.39, 0.29) is 5.04 Å². The number of hydrogen-bond donors (Lipinski definition) is 2. The van der Waals surface area contributed by atoms with Crippen LogP contribution < -0.4 is 10.1 Å². The van der Waals surface area contributed by atoms with Crippen molar-refractivity contribution in [3.63, 3.8) is 0 Å². The summed E-state index contributed by atoms with van der Waals surface area (Å²) >= 11 is 0. The van der Waals surface area contributed by atoms with Crippen molar-refractivity contribution in [2.75, 3.05) is 5.32 Å². The minimum Gasteiger partial charge on any atom is -0.432 e. The number of para-hydroxylation sites is 1. The van der Waals surface area contributed by atoms with E-state index in [1.54, 1.807) is 30.5 Å². The van der Waals surface area contributed by atoms with Crippen molar-refractivity contribution in [1.82, 2.24) is 4.98 Å². The van der Waals surface area contributed by atoms with E-state index in [2.05, 4.69) is 24.1 Å². The van der Waals surface area contributed by atoms with E-state index in [0.717, 1.165) is 25.0 Å². The molecular weight excluding hydrogens is 344 g/mol. The minimum absolute atomic E-state index is 0.0182. The Morgan fingerprint density at radius 2 is 1.88 bits per heavy atom. The third-order valence-electron chi connectivity index (χ3n) is 4.92. The van der Waals surface area contributed by atoms with Gasteiger partial charge in [0, 0.05) is 5.69 Å². The lowest BCUT2D eigenvalue weighted by Gasteiger charge is -2.35. The van der Waals surface area contributed by atoms with E-state index in [9.17, 15) is 9.59 Å². The number of amides is 1. The molecule has 0 aliphatic rings. The molecule has 1 heterocycles. The van der Waals surface area contributed by atoms with Crippen molar-refractivity contribution in [1.29, 1.82) is 0 Å². The summed E-state index contributed by atoms with van der Waals surface area (Å²) in [6, 6.07) is 12.6. The Hall–Kier alpha value is -2.18. The molecule has 26 heavy (non-hydrogen) atoms. The molecule has 1 aromatic carbocycles. The van der Waals surface area contributed by atoms with Gasteiger partial charge >= 0.3 is 6.09 Å². The van der Waals surface area contributed by atoms with Gasteiger partial charge < -0.3 is 9.53 Å². The van der Waals surface area contributed by atoms with E-state index in [0.29, 0.717) is 11.4 Å². The van der Waals surface area contributed by atoms with E-state index >= 15 is 0 Å². The first-order valence-corrected chi connectivity index (χ1v) is 11.8. The van der Waals surface area contributed by atoms with Crippen molar-refractivity contribution in [2.24, 2.45) is 0 Å². The van der Waals surface area contributed by atoms with Crippen LogP contribution in [0.3, 0.4) is 0 Å². The molecule has 0 aliphatic carbocycles. The van der Waals surface area contributed by atoms with Gasteiger partial charge in [0.05, 0.1) is 11.9 Å². The number of anilines is 1. The standard InChI is InChI=1S/C20H28N2O3Si/c1-20(2,26(3,4)24)14-8-9-16-12-13-17(15-21-16)22-19(23)25-18-10-6-5-7-11-18/h5-7,10-13,15,24H,8-9,14H2,1-4H3,(H,22,23). The van der Waals surface area contributed by atoms with E-state index in [1.807, 2.05) is 31.3 Å². The second-order valence-electron chi connectivity index (χ2n) is 7.66. The highest BCUT2D eigenvalue weighted by Gasteiger charge is 2.37. The summed E-state index contributed by atoms with van der Waals surface area (Å²) in [5.74, 6) is 0.493. The summed E-state index contributed by atoms with van der Waals surface area (Å²) in [6.45, 7) is 8.25. The number of benzene rings is 1. The fraction of sp³-hybridized carbons (Fsp3) is 0.400. The van der Waals surface area contributed by atoms with Crippen LogP contribution in [0, 0.1) is 0 Å². The number of nitrogens with one attached hydrogen (secondary N) is 1. The Balaban J connectivity index is 1.82. The first-order valence-electron chi connectivity index (χ1n) is 8.88. The molecule has 2 N–H and O–H groups in total. The normalized spacial score (nSPS) is 11.9. The second kappa shape index (κ2) is 8.47. The lowest BCUT2D eigenvalue weighted by atomic mass is 10.0. The Bertz CT molecular complexity index is 710. The molecule has 6 heteroatoms. The highest BCUT2D eigenvalue weighted by molar-refractivity contribution is 6.72. The minimum atomic E-state index is -2.16. The molecule has 0 aliphatic heterocycles. The first kappa shape index (κ1) is 20.1. The van der Waals surface area contributed by atoms with Gasteiger partial charge in [0.15, 0.2) is 8.32 Å². The molecule has 0 atom stereocenters. The lowest BCUT2D eigenvalue weighted by molar-refractivity contribution is 0.215. The third kappa shape index (κ3) is 5.96. The van der Waals surface area contributed by atoms with Crippen molar-refractivity contribution < 1.29 is 14.3 Å². The van der Waals surface area contributed by atoms with Crippen LogP contribution in [-0.2, 0) is 6.42 Å². The number of rotatable bonds is 7. The van der Waals surface area contributed by atoms with E-state index in [4.69, 9.17) is 4.74 Å². The monoisotopic (exact) mass is 372 g/mol. The molecule has 140 valence electrons. The van der Waals surface area contributed by atoms with Crippen molar-refractivity contribution >= 4 is 20.1 Å². The molecule has 5 nitrogen and oxygen atoms in total. The van der Waals surface area contributed by atoms with Crippen LogP contribution in [0.25, 0.3) is 0 Å². The van der Waals surface area contributed by atoms with Crippen LogP contribution in [0.4, 0.5) is 10.5 Å². The number of pyridine rings is 1.